The van der Waals surface area contributed by atoms with Crippen LogP contribution in [0.3, 0.4) is 0 Å². The Bertz CT molecular complexity index is 575. The molecule has 0 bridgehead atoms. The van der Waals surface area contributed by atoms with Gasteiger partial charge in [-0.25, -0.2) is 0 Å². The molecule has 1 aliphatic rings. The van der Waals surface area contributed by atoms with Crippen LogP contribution >= 0.6 is 11.3 Å². The maximum atomic E-state index is 12.2. The van der Waals surface area contributed by atoms with Crippen LogP contribution in [0, 0.1) is 0 Å². The molecule has 1 unspecified atom stereocenters. The zero-order valence-corrected chi connectivity index (χ0v) is 11.5. The van der Waals surface area contributed by atoms with E-state index in [-0.39, 0.29) is 5.91 Å². The van der Waals surface area contributed by atoms with Gasteiger partial charge in [0.15, 0.2) is 0 Å². The van der Waals surface area contributed by atoms with Crippen molar-refractivity contribution in [2.75, 3.05) is 13.1 Å². The van der Waals surface area contributed by atoms with Crippen LogP contribution in [0.15, 0.2) is 23.8 Å². The average molecular weight is 275 g/mol. The summed E-state index contributed by atoms with van der Waals surface area (Å²) in [7, 11) is 0. The molecule has 4 nitrogen and oxygen atoms in total. The van der Waals surface area contributed by atoms with Crippen LogP contribution in [-0.4, -0.2) is 30.0 Å². The van der Waals surface area contributed by atoms with E-state index < -0.39 is 0 Å². The number of hydrogen-bond acceptors (Lipinski definition) is 4. The number of thiophene rings is 1. The molecule has 0 radical (unpaired) electrons. The molecule has 0 aliphatic carbocycles. The SMILES string of the molecule is O=C(NCC1CCCCN1)c1cncc2ccsc12. The molecule has 2 N–H and O–H groups in total. The minimum atomic E-state index is -0.0204. The number of aromatic nitrogens is 1. The van der Waals surface area contributed by atoms with Crippen molar-refractivity contribution < 1.29 is 4.79 Å². The van der Waals surface area contributed by atoms with E-state index in [4.69, 9.17) is 0 Å². The van der Waals surface area contributed by atoms with E-state index in [0.717, 1.165) is 23.1 Å². The first-order valence-electron chi connectivity index (χ1n) is 6.67. The molecule has 100 valence electrons. The van der Waals surface area contributed by atoms with Gasteiger partial charge in [0.1, 0.15) is 0 Å². The van der Waals surface area contributed by atoms with Gasteiger partial charge in [-0.1, -0.05) is 6.42 Å². The van der Waals surface area contributed by atoms with Crippen molar-refractivity contribution in [3.8, 4) is 0 Å². The Hall–Kier alpha value is -1.46. The third kappa shape index (κ3) is 2.77. The highest BCUT2D eigenvalue weighted by Gasteiger charge is 2.15. The quantitative estimate of drug-likeness (QED) is 0.902. The van der Waals surface area contributed by atoms with Gasteiger partial charge in [-0.05, 0) is 30.8 Å². The normalized spacial score (nSPS) is 19.5. The minimum Gasteiger partial charge on any atom is -0.350 e. The Labute approximate surface area is 116 Å². The lowest BCUT2D eigenvalue weighted by Crippen LogP contribution is -2.43. The fourth-order valence-electron chi connectivity index (χ4n) is 2.46. The summed E-state index contributed by atoms with van der Waals surface area (Å²) in [6.45, 7) is 1.75. The van der Waals surface area contributed by atoms with Crippen LogP contribution in [0.2, 0.25) is 0 Å². The highest BCUT2D eigenvalue weighted by Crippen LogP contribution is 2.23. The number of nitrogens with one attached hydrogen (secondary N) is 2. The summed E-state index contributed by atoms with van der Waals surface area (Å²) >= 11 is 1.59. The van der Waals surface area contributed by atoms with Crippen molar-refractivity contribution in [1.82, 2.24) is 15.6 Å². The van der Waals surface area contributed by atoms with Crippen molar-refractivity contribution in [2.45, 2.75) is 25.3 Å². The smallest absolute Gasteiger partial charge is 0.254 e. The molecule has 5 heteroatoms. The van der Waals surface area contributed by atoms with Gasteiger partial charge in [0.25, 0.3) is 5.91 Å². The lowest BCUT2D eigenvalue weighted by Gasteiger charge is -2.23. The minimum absolute atomic E-state index is 0.0204. The Kier molecular flexibility index (Phi) is 3.75. The van der Waals surface area contributed by atoms with Gasteiger partial charge >= 0.3 is 0 Å². The van der Waals surface area contributed by atoms with Crippen LogP contribution in [0.4, 0.5) is 0 Å². The highest BCUT2D eigenvalue weighted by atomic mass is 32.1. The van der Waals surface area contributed by atoms with Gasteiger partial charge in [-0.15, -0.1) is 11.3 Å². The van der Waals surface area contributed by atoms with Gasteiger partial charge in [0.2, 0.25) is 0 Å². The van der Waals surface area contributed by atoms with Crippen molar-refractivity contribution in [1.29, 1.82) is 0 Å². The van der Waals surface area contributed by atoms with Crippen LogP contribution in [-0.2, 0) is 0 Å². The second kappa shape index (κ2) is 5.67. The Balaban J connectivity index is 1.68. The third-order valence-corrected chi connectivity index (χ3v) is 4.49. The molecular formula is C14H17N3OS. The molecule has 3 rings (SSSR count). The van der Waals surface area contributed by atoms with E-state index in [1.54, 1.807) is 23.7 Å². The van der Waals surface area contributed by atoms with Crippen LogP contribution in [0.25, 0.3) is 10.1 Å². The number of hydrogen-bond donors (Lipinski definition) is 2. The second-order valence-corrected chi connectivity index (χ2v) is 5.80. The largest absolute Gasteiger partial charge is 0.350 e. The zero-order valence-electron chi connectivity index (χ0n) is 10.7. The standard InChI is InChI=1S/C14H17N3OS/c18-14(17-8-11-3-1-2-5-16-11)12-9-15-7-10-4-6-19-13(10)12/h4,6-7,9,11,16H,1-3,5,8H2,(H,17,18). The first kappa shape index (κ1) is 12.6. The average Bonchev–Trinajstić information content (AvgIpc) is 2.94. The lowest BCUT2D eigenvalue weighted by molar-refractivity contribution is 0.0949. The van der Waals surface area contributed by atoms with Crippen molar-refractivity contribution in [2.24, 2.45) is 0 Å². The van der Waals surface area contributed by atoms with Crippen molar-refractivity contribution in [3.05, 3.63) is 29.4 Å². The molecule has 1 aliphatic heterocycles. The number of pyridine rings is 1. The van der Waals surface area contributed by atoms with Crippen LogP contribution < -0.4 is 10.6 Å². The Morgan fingerprint density at radius 1 is 1.47 bits per heavy atom. The first-order chi connectivity index (χ1) is 9.34. The molecule has 0 saturated carbocycles. The molecule has 0 spiro atoms. The third-order valence-electron chi connectivity index (χ3n) is 3.52. The highest BCUT2D eigenvalue weighted by molar-refractivity contribution is 7.17. The first-order valence-corrected chi connectivity index (χ1v) is 7.55. The predicted molar refractivity (Wildman–Crippen MR) is 77.6 cm³/mol. The molecule has 1 amide bonds. The van der Waals surface area contributed by atoms with E-state index in [9.17, 15) is 4.79 Å². The number of fused-ring (bicyclic) bond motifs is 1. The van der Waals surface area contributed by atoms with E-state index in [0.29, 0.717) is 18.2 Å². The van der Waals surface area contributed by atoms with Gasteiger partial charge in [0, 0.05) is 30.4 Å². The topological polar surface area (TPSA) is 54.0 Å². The molecule has 1 fully saturated rings. The monoisotopic (exact) mass is 275 g/mol. The summed E-state index contributed by atoms with van der Waals surface area (Å²) in [6, 6.07) is 2.40. The summed E-state index contributed by atoms with van der Waals surface area (Å²) in [5.74, 6) is -0.0204. The number of carbonyl (C=O) groups is 1. The zero-order chi connectivity index (χ0) is 13.1. The summed E-state index contributed by atoms with van der Waals surface area (Å²) in [5.41, 5.74) is 0.684. The lowest BCUT2D eigenvalue weighted by atomic mass is 10.1. The Morgan fingerprint density at radius 3 is 3.26 bits per heavy atom. The van der Waals surface area contributed by atoms with Crippen molar-refractivity contribution >= 4 is 27.3 Å². The maximum Gasteiger partial charge on any atom is 0.254 e. The van der Waals surface area contributed by atoms with Crippen LogP contribution in [0.5, 0.6) is 0 Å². The van der Waals surface area contributed by atoms with E-state index in [1.807, 2.05) is 11.4 Å². The number of piperidine rings is 1. The summed E-state index contributed by atoms with van der Waals surface area (Å²) in [5, 5.41) is 9.47. The molecule has 0 aromatic carbocycles. The van der Waals surface area contributed by atoms with Gasteiger partial charge in [-0.2, -0.15) is 0 Å². The number of amides is 1. The van der Waals surface area contributed by atoms with Crippen LogP contribution in [0.1, 0.15) is 29.6 Å². The molecule has 2 aromatic rings. The van der Waals surface area contributed by atoms with Gasteiger partial charge in [-0.3, -0.25) is 9.78 Å². The predicted octanol–water partition coefficient (Wildman–Crippen LogP) is 2.17. The number of nitrogens with zero attached hydrogens (tertiary/aromatic N) is 1. The molecule has 1 atom stereocenters. The number of rotatable bonds is 3. The van der Waals surface area contributed by atoms with Crippen molar-refractivity contribution in [3.63, 3.8) is 0 Å². The van der Waals surface area contributed by atoms with E-state index in [2.05, 4.69) is 15.6 Å². The molecule has 3 heterocycles. The second-order valence-electron chi connectivity index (χ2n) is 4.88. The fourth-order valence-corrected chi connectivity index (χ4v) is 3.34. The van der Waals surface area contributed by atoms with E-state index >= 15 is 0 Å². The maximum absolute atomic E-state index is 12.2. The molecule has 1 saturated heterocycles. The molecule has 2 aromatic heterocycles. The molecule has 19 heavy (non-hydrogen) atoms. The Morgan fingerprint density at radius 2 is 2.42 bits per heavy atom. The van der Waals surface area contributed by atoms with E-state index in [1.165, 1.54) is 12.8 Å². The van der Waals surface area contributed by atoms with Gasteiger partial charge < -0.3 is 10.6 Å². The fraction of sp³-hybridized carbons (Fsp3) is 0.429. The van der Waals surface area contributed by atoms with Gasteiger partial charge in [0.05, 0.1) is 10.3 Å². The molecular weight excluding hydrogens is 258 g/mol. The number of carbonyl (C=O) groups excluding carboxylic acids is 1. The summed E-state index contributed by atoms with van der Waals surface area (Å²) < 4.78 is 1.02. The summed E-state index contributed by atoms with van der Waals surface area (Å²) in [6.07, 6.45) is 7.08. The summed E-state index contributed by atoms with van der Waals surface area (Å²) in [4.78, 5) is 16.4.